The number of ether oxygens (including phenoxy) is 1. The molecule has 0 atom stereocenters. The lowest BCUT2D eigenvalue weighted by molar-refractivity contribution is 0.102. The number of carbonyl (C=O) groups is 1. The zero-order valence-corrected chi connectivity index (χ0v) is 11.0. The molecular weight excluding hydrogens is 252 g/mol. The molecule has 0 fully saturated rings. The Morgan fingerprint density at radius 1 is 1.15 bits per heavy atom. The molecular formula is C16H14N2O2. The van der Waals surface area contributed by atoms with Gasteiger partial charge in [0.2, 0.25) is 0 Å². The molecule has 0 aliphatic carbocycles. The molecule has 0 radical (unpaired) electrons. The van der Waals surface area contributed by atoms with Crippen LogP contribution in [0.1, 0.15) is 10.4 Å². The summed E-state index contributed by atoms with van der Waals surface area (Å²) in [5.74, 6) is 0.567. The summed E-state index contributed by atoms with van der Waals surface area (Å²) in [6.45, 7) is 0. The average Bonchev–Trinajstić information content (AvgIpc) is 2.94. The molecule has 0 saturated heterocycles. The number of anilines is 1. The van der Waals surface area contributed by atoms with Crippen molar-refractivity contribution < 1.29 is 9.53 Å². The molecule has 1 amide bonds. The molecule has 2 aromatic carbocycles. The van der Waals surface area contributed by atoms with E-state index >= 15 is 0 Å². The van der Waals surface area contributed by atoms with Gasteiger partial charge in [0, 0.05) is 29.0 Å². The number of carbonyl (C=O) groups excluding carboxylic acids is 1. The molecule has 0 aliphatic rings. The Hall–Kier alpha value is -2.75. The first-order valence-corrected chi connectivity index (χ1v) is 6.29. The number of rotatable bonds is 3. The Bertz CT molecular complexity index is 762. The summed E-state index contributed by atoms with van der Waals surface area (Å²) in [5.41, 5.74) is 2.27. The molecule has 1 aromatic heterocycles. The minimum Gasteiger partial charge on any atom is -0.497 e. The van der Waals surface area contributed by atoms with Gasteiger partial charge in [0.1, 0.15) is 5.75 Å². The monoisotopic (exact) mass is 266 g/mol. The average molecular weight is 266 g/mol. The second-order valence-corrected chi connectivity index (χ2v) is 4.47. The lowest BCUT2D eigenvalue weighted by atomic mass is 10.1. The van der Waals surface area contributed by atoms with Gasteiger partial charge < -0.3 is 15.0 Å². The first-order valence-electron chi connectivity index (χ1n) is 6.29. The van der Waals surface area contributed by atoms with Gasteiger partial charge >= 0.3 is 0 Å². The number of nitrogens with one attached hydrogen (secondary N) is 2. The van der Waals surface area contributed by atoms with Crippen LogP contribution in [0.15, 0.2) is 54.7 Å². The van der Waals surface area contributed by atoms with Crippen molar-refractivity contribution in [1.82, 2.24) is 4.98 Å². The number of benzene rings is 2. The maximum absolute atomic E-state index is 12.2. The van der Waals surface area contributed by atoms with Gasteiger partial charge in [-0.15, -0.1) is 0 Å². The molecule has 3 rings (SSSR count). The standard InChI is InChI=1S/C16H14N2O2/c1-20-14-4-2-3-13(10-14)18-16(19)12-6-5-11-7-8-17-15(11)9-12/h2-10,17H,1H3,(H,18,19). The van der Waals surface area contributed by atoms with Gasteiger partial charge in [-0.2, -0.15) is 0 Å². The maximum Gasteiger partial charge on any atom is 0.255 e. The molecule has 0 saturated carbocycles. The highest BCUT2D eigenvalue weighted by Crippen LogP contribution is 2.19. The van der Waals surface area contributed by atoms with Gasteiger partial charge in [-0.05, 0) is 35.7 Å². The number of hydrogen-bond donors (Lipinski definition) is 2. The van der Waals surface area contributed by atoms with Crippen molar-refractivity contribution in [3.8, 4) is 5.75 Å². The van der Waals surface area contributed by atoms with Gasteiger partial charge in [-0.1, -0.05) is 12.1 Å². The van der Waals surface area contributed by atoms with Crippen LogP contribution in [-0.4, -0.2) is 18.0 Å². The van der Waals surface area contributed by atoms with Crippen LogP contribution in [0, 0.1) is 0 Å². The van der Waals surface area contributed by atoms with E-state index < -0.39 is 0 Å². The van der Waals surface area contributed by atoms with E-state index in [1.165, 1.54) is 0 Å². The predicted molar refractivity (Wildman–Crippen MR) is 79.2 cm³/mol. The third kappa shape index (κ3) is 2.36. The third-order valence-electron chi connectivity index (χ3n) is 3.14. The highest BCUT2D eigenvalue weighted by atomic mass is 16.5. The molecule has 4 nitrogen and oxygen atoms in total. The van der Waals surface area contributed by atoms with E-state index in [-0.39, 0.29) is 5.91 Å². The van der Waals surface area contributed by atoms with Gasteiger partial charge in [0.15, 0.2) is 0 Å². The quantitative estimate of drug-likeness (QED) is 0.763. The number of methoxy groups -OCH3 is 1. The molecule has 20 heavy (non-hydrogen) atoms. The topological polar surface area (TPSA) is 54.1 Å². The summed E-state index contributed by atoms with van der Waals surface area (Å²) in [6.07, 6.45) is 1.86. The first-order chi connectivity index (χ1) is 9.76. The van der Waals surface area contributed by atoms with Gasteiger partial charge in [0.25, 0.3) is 5.91 Å². The number of H-pyrrole nitrogens is 1. The fraction of sp³-hybridized carbons (Fsp3) is 0.0625. The highest BCUT2D eigenvalue weighted by Gasteiger charge is 2.07. The molecule has 2 N–H and O–H groups in total. The summed E-state index contributed by atoms with van der Waals surface area (Å²) in [4.78, 5) is 15.3. The van der Waals surface area contributed by atoms with Crippen LogP contribution in [0.5, 0.6) is 5.75 Å². The van der Waals surface area contributed by atoms with Crippen molar-refractivity contribution in [2.75, 3.05) is 12.4 Å². The molecule has 4 heteroatoms. The zero-order valence-electron chi connectivity index (χ0n) is 11.0. The number of hydrogen-bond acceptors (Lipinski definition) is 2. The molecule has 100 valence electrons. The molecule has 0 bridgehead atoms. The molecule has 0 spiro atoms. The van der Waals surface area contributed by atoms with Crippen molar-refractivity contribution in [2.24, 2.45) is 0 Å². The number of aromatic nitrogens is 1. The maximum atomic E-state index is 12.2. The van der Waals surface area contributed by atoms with Crippen LogP contribution in [-0.2, 0) is 0 Å². The minimum absolute atomic E-state index is 0.144. The Morgan fingerprint density at radius 2 is 2.05 bits per heavy atom. The van der Waals surface area contributed by atoms with Crippen molar-refractivity contribution in [1.29, 1.82) is 0 Å². The summed E-state index contributed by atoms with van der Waals surface area (Å²) in [5, 5.41) is 3.94. The van der Waals surface area contributed by atoms with E-state index in [0.717, 1.165) is 10.9 Å². The lowest BCUT2D eigenvalue weighted by Gasteiger charge is -2.07. The van der Waals surface area contributed by atoms with E-state index in [9.17, 15) is 4.79 Å². The van der Waals surface area contributed by atoms with Crippen LogP contribution in [0.3, 0.4) is 0 Å². The Kier molecular flexibility index (Phi) is 3.13. The van der Waals surface area contributed by atoms with Crippen molar-refractivity contribution >= 4 is 22.5 Å². The summed E-state index contributed by atoms with van der Waals surface area (Å²) >= 11 is 0. The van der Waals surface area contributed by atoms with Crippen LogP contribution >= 0.6 is 0 Å². The Labute approximate surface area is 116 Å². The SMILES string of the molecule is COc1cccc(NC(=O)c2ccc3cc[nH]c3c2)c1. The summed E-state index contributed by atoms with van der Waals surface area (Å²) in [6, 6.07) is 14.8. The van der Waals surface area contributed by atoms with Crippen molar-refractivity contribution in [3.63, 3.8) is 0 Å². The lowest BCUT2D eigenvalue weighted by Crippen LogP contribution is -2.11. The van der Waals surface area contributed by atoms with E-state index in [2.05, 4.69) is 10.3 Å². The number of fused-ring (bicyclic) bond motifs is 1. The van der Waals surface area contributed by atoms with Gasteiger partial charge in [-0.25, -0.2) is 0 Å². The third-order valence-corrected chi connectivity index (χ3v) is 3.14. The van der Waals surface area contributed by atoms with Gasteiger partial charge in [0.05, 0.1) is 7.11 Å². The Balaban J connectivity index is 1.84. The second kappa shape index (κ2) is 5.09. The Morgan fingerprint density at radius 3 is 2.90 bits per heavy atom. The summed E-state index contributed by atoms with van der Waals surface area (Å²) in [7, 11) is 1.60. The van der Waals surface area contributed by atoms with Crippen LogP contribution < -0.4 is 10.1 Å². The van der Waals surface area contributed by atoms with Gasteiger partial charge in [-0.3, -0.25) is 4.79 Å². The fourth-order valence-electron chi connectivity index (χ4n) is 2.09. The minimum atomic E-state index is -0.144. The fourth-order valence-corrected chi connectivity index (χ4v) is 2.09. The van der Waals surface area contributed by atoms with Crippen LogP contribution in [0.2, 0.25) is 0 Å². The predicted octanol–water partition coefficient (Wildman–Crippen LogP) is 3.43. The highest BCUT2D eigenvalue weighted by molar-refractivity contribution is 6.06. The van der Waals surface area contributed by atoms with Crippen LogP contribution in [0.25, 0.3) is 10.9 Å². The largest absolute Gasteiger partial charge is 0.497 e. The van der Waals surface area contributed by atoms with E-state index in [4.69, 9.17) is 4.74 Å². The molecule has 0 aliphatic heterocycles. The van der Waals surface area contributed by atoms with Crippen LogP contribution in [0.4, 0.5) is 5.69 Å². The van der Waals surface area contributed by atoms with E-state index in [0.29, 0.717) is 17.0 Å². The summed E-state index contributed by atoms with van der Waals surface area (Å²) < 4.78 is 5.13. The smallest absolute Gasteiger partial charge is 0.255 e. The van der Waals surface area contributed by atoms with E-state index in [1.807, 2.05) is 48.7 Å². The van der Waals surface area contributed by atoms with Crippen molar-refractivity contribution in [3.05, 3.63) is 60.3 Å². The number of aromatic amines is 1. The van der Waals surface area contributed by atoms with Crippen molar-refractivity contribution in [2.45, 2.75) is 0 Å². The molecule has 3 aromatic rings. The first kappa shape index (κ1) is 12.3. The zero-order chi connectivity index (χ0) is 13.9. The van der Waals surface area contributed by atoms with E-state index in [1.54, 1.807) is 13.2 Å². The molecule has 1 heterocycles. The second-order valence-electron chi connectivity index (χ2n) is 4.47. The normalized spacial score (nSPS) is 10.4. The number of amides is 1. The molecule has 0 unspecified atom stereocenters.